The van der Waals surface area contributed by atoms with E-state index in [9.17, 15) is 4.79 Å². The fourth-order valence-corrected chi connectivity index (χ4v) is 2.61. The molecule has 1 aromatic rings. The molecule has 1 aliphatic heterocycles. The lowest BCUT2D eigenvalue weighted by atomic mass is 10.0. The highest BCUT2D eigenvalue weighted by atomic mass is 35.5. The highest BCUT2D eigenvalue weighted by Crippen LogP contribution is 2.22. The molecule has 1 fully saturated rings. The van der Waals surface area contributed by atoms with Gasteiger partial charge in [0.15, 0.2) is 5.78 Å². The average Bonchev–Trinajstić information content (AvgIpc) is 2.35. The van der Waals surface area contributed by atoms with E-state index < -0.39 is 0 Å². The third kappa shape index (κ3) is 4.30. The van der Waals surface area contributed by atoms with Crippen LogP contribution in [0.25, 0.3) is 0 Å². The molecule has 0 N–H and O–H groups in total. The van der Waals surface area contributed by atoms with Crippen LogP contribution in [0, 0.1) is 0 Å². The van der Waals surface area contributed by atoms with Crippen LogP contribution in [0.15, 0.2) is 24.3 Å². The van der Waals surface area contributed by atoms with E-state index in [4.69, 9.17) is 21.1 Å². The Morgan fingerprint density at radius 3 is 2.68 bits per heavy atom. The number of rotatable bonds is 4. The van der Waals surface area contributed by atoms with Crippen molar-refractivity contribution in [3.05, 3.63) is 34.9 Å². The van der Waals surface area contributed by atoms with Gasteiger partial charge in [0.1, 0.15) is 6.61 Å². The van der Waals surface area contributed by atoms with Crippen LogP contribution in [0.2, 0.25) is 5.02 Å². The molecule has 0 amide bonds. The average molecular weight is 283 g/mol. The van der Waals surface area contributed by atoms with E-state index in [1.807, 2.05) is 13.8 Å². The molecule has 2 rings (SSSR count). The van der Waals surface area contributed by atoms with Crippen molar-refractivity contribution in [1.29, 1.82) is 0 Å². The first-order valence-electron chi connectivity index (χ1n) is 6.60. The number of hydrogen-bond donors (Lipinski definition) is 0. The largest absolute Gasteiger partial charge is 0.375 e. The molecule has 1 heterocycles. The van der Waals surface area contributed by atoms with E-state index in [0.717, 1.165) is 12.8 Å². The van der Waals surface area contributed by atoms with Crippen molar-refractivity contribution in [3.8, 4) is 0 Å². The summed E-state index contributed by atoms with van der Waals surface area (Å²) >= 11 is 5.87. The van der Waals surface area contributed by atoms with Crippen molar-refractivity contribution in [2.24, 2.45) is 0 Å². The summed E-state index contributed by atoms with van der Waals surface area (Å²) < 4.78 is 11.3. The zero-order valence-corrected chi connectivity index (χ0v) is 12.0. The predicted molar refractivity (Wildman–Crippen MR) is 74.8 cm³/mol. The molecule has 1 saturated heterocycles. The summed E-state index contributed by atoms with van der Waals surface area (Å²) in [5.74, 6) is -0.0331. The zero-order valence-electron chi connectivity index (χ0n) is 11.3. The Labute approximate surface area is 118 Å². The van der Waals surface area contributed by atoms with Gasteiger partial charge in [-0.25, -0.2) is 0 Å². The first-order chi connectivity index (χ1) is 9.04. The molecule has 0 bridgehead atoms. The van der Waals surface area contributed by atoms with Crippen LogP contribution >= 0.6 is 11.6 Å². The second-order valence-electron chi connectivity index (χ2n) is 5.10. The van der Waals surface area contributed by atoms with Gasteiger partial charge < -0.3 is 9.47 Å². The van der Waals surface area contributed by atoms with Crippen molar-refractivity contribution in [1.82, 2.24) is 0 Å². The molecule has 1 aromatic carbocycles. The molecule has 1 aliphatic rings. The summed E-state index contributed by atoms with van der Waals surface area (Å²) in [6, 6.07) is 6.95. The van der Waals surface area contributed by atoms with Gasteiger partial charge in [0, 0.05) is 10.6 Å². The Balaban J connectivity index is 1.86. The molecule has 4 heteroatoms. The van der Waals surface area contributed by atoms with E-state index in [-0.39, 0.29) is 30.7 Å². The normalized spacial score (nSPS) is 27.2. The summed E-state index contributed by atoms with van der Waals surface area (Å²) in [4.78, 5) is 12.0. The number of Topliss-reactive ketones (excluding diaryl/α,β-unsaturated/α-hetero) is 1. The SMILES string of the molecule is CC1CC(OCC(=O)c2cccc(Cl)c2)CC(C)O1. The van der Waals surface area contributed by atoms with E-state index in [0.29, 0.717) is 10.6 Å². The standard InChI is InChI=1S/C15H19ClO3/c1-10-6-14(7-11(2)19-10)18-9-15(17)12-4-3-5-13(16)8-12/h3-5,8,10-11,14H,6-7,9H2,1-2H3. The summed E-state index contributed by atoms with van der Waals surface area (Å²) in [6.45, 7) is 4.17. The predicted octanol–water partition coefficient (Wildman–Crippen LogP) is 3.50. The fraction of sp³-hybridized carbons (Fsp3) is 0.533. The maximum absolute atomic E-state index is 12.0. The molecule has 19 heavy (non-hydrogen) atoms. The first kappa shape index (κ1) is 14.5. The first-order valence-corrected chi connectivity index (χ1v) is 6.98. The lowest BCUT2D eigenvalue weighted by Crippen LogP contribution is -2.35. The summed E-state index contributed by atoms with van der Waals surface area (Å²) in [6.07, 6.45) is 2.16. The number of benzene rings is 1. The molecule has 104 valence electrons. The van der Waals surface area contributed by atoms with Crippen molar-refractivity contribution in [3.63, 3.8) is 0 Å². The number of ether oxygens (including phenoxy) is 2. The number of ketones is 1. The topological polar surface area (TPSA) is 35.5 Å². The molecule has 0 aromatic heterocycles. The van der Waals surface area contributed by atoms with Gasteiger partial charge in [-0.2, -0.15) is 0 Å². The van der Waals surface area contributed by atoms with Gasteiger partial charge in [-0.1, -0.05) is 23.7 Å². The Bertz CT molecular complexity index is 437. The molecule has 2 atom stereocenters. The highest BCUT2D eigenvalue weighted by Gasteiger charge is 2.25. The molecule has 3 nitrogen and oxygen atoms in total. The highest BCUT2D eigenvalue weighted by molar-refractivity contribution is 6.31. The van der Waals surface area contributed by atoms with Crippen LogP contribution in [-0.4, -0.2) is 30.7 Å². The Morgan fingerprint density at radius 1 is 1.37 bits per heavy atom. The van der Waals surface area contributed by atoms with E-state index in [2.05, 4.69) is 0 Å². The van der Waals surface area contributed by atoms with E-state index in [1.165, 1.54) is 0 Å². The van der Waals surface area contributed by atoms with Crippen LogP contribution in [-0.2, 0) is 9.47 Å². The smallest absolute Gasteiger partial charge is 0.188 e. The number of hydrogen-bond acceptors (Lipinski definition) is 3. The minimum atomic E-state index is -0.0331. The molecule has 0 aliphatic carbocycles. The van der Waals surface area contributed by atoms with Gasteiger partial charge in [0.2, 0.25) is 0 Å². The van der Waals surface area contributed by atoms with Gasteiger partial charge in [-0.05, 0) is 38.8 Å². The van der Waals surface area contributed by atoms with Crippen LogP contribution in [0.3, 0.4) is 0 Å². The molecule has 0 radical (unpaired) electrons. The van der Waals surface area contributed by atoms with Crippen LogP contribution < -0.4 is 0 Å². The lowest BCUT2D eigenvalue weighted by Gasteiger charge is -2.31. The van der Waals surface area contributed by atoms with Crippen LogP contribution in [0.4, 0.5) is 0 Å². The van der Waals surface area contributed by atoms with Gasteiger partial charge in [-0.3, -0.25) is 4.79 Å². The van der Waals surface area contributed by atoms with E-state index >= 15 is 0 Å². The van der Waals surface area contributed by atoms with Crippen molar-refractivity contribution in [2.75, 3.05) is 6.61 Å². The van der Waals surface area contributed by atoms with Crippen LogP contribution in [0.1, 0.15) is 37.0 Å². The number of carbonyl (C=O) groups excluding carboxylic acids is 1. The molecular formula is C15H19ClO3. The molecule has 0 saturated carbocycles. The minimum Gasteiger partial charge on any atom is -0.375 e. The van der Waals surface area contributed by atoms with Gasteiger partial charge in [0.25, 0.3) is 0 Å². The summed E-state index contributed by atoms with van der Waals surface area (Å²) in [7, 11) is 0. The quantitative estimate of drug-likeness (QED) is 0.793. The second-order valence-corrected chi connectivity index (χ2v) is 5.53. The number of carbonyl (C=O) groups is 1. The van der Waals surface area contributed by atoms with Gasteiger partial charge >= 0.3 is 0 Å². The van der Waals surface area contributed by atoms with Gasteiger partial charge in [0.05, 0.1) is 18.3 Å². The maximum Gasteiger partial charge on any atom is 0.188 e. The lowest BCUT2D eigenvalue weighted by molar-refractivity contribution is -0.0975. The Hall–Kier alpha value is -0.900. The second kappa shape index (κ2) is 6.51. The zero-order chi connectivity index (χ0) is 13.8. The van der Waals surface area contributed by atoms with Crippen molar-refractivity contribution in [2.45, 2.75) is 45.0 Å². The number of halogens is 1. The van der Waals surface area contributed by atoms with E-state index in [1.54, 1.807) is 24.3 Å². The third-order valence-electron chi connectivity index (χ3n) is 3.25. The minimum absolute atomic E-state index is 0.0331. The summed E-state index contributed by atoms with van der Waals surface area (Å²) in [5.41, 5.74) is 0.598. The maximum atomic E-state index is 12.0. The monoisotopic (exact) mass is 282 g/mol. The van der Waals surface area contributed by atoms with Crippen molar-refractivity contribution < 1.29 is 14.3 Å². The van der Waals surface area contributed by atoms with Crippen LogP contribution in [0.5, 0.6) is 0 Å². The van der Waals surface area contributed by atoms with Crippen molar-refractivity contribution >= 4 is 17.4 Å². The molecule has 2 unspecified atom stereocenters. The third-order valence-corrected chi connectivity index (χ3v) is 3.49. The fourth-order valence-electron chi connectivity index (χ4n) is 2.42. The Kier molecular flexibility index (Phi) is 4.97. The summed E-state index contributed by atoms with van der Waals surface area (Å²) in [5, 5.41) is 0.569. The molecular weight excluding hydrogens is 264 g/mol. The van der Waals surface area contributed by atoms with Gasteiger partial charge in [-0.15, -0.1) is 0 Å². The molecule has 0 spiro atoms. The Morgan fingerprint density at radius 2 is 2.05 bits per heavy atom.